The summed E-state index contributed by atoms with van der Waals surface area (Å²) in [5.41, 5.74) is 5.07. The number of hydrogen-bond acceptors (Lipinski definition) is 5. The van der Waals surface area contributed by atoms with E-state index in [1.807, 2.05) is 4.72 Å². The zero-order valence-corrected chi connectivity index (χ0v) is 10.1. The summed E-state index contributed by atoms with van der Waals surface area (Å²) >= 11 is 0. The van der Waals surface area contributed by atoms with E-state index in [0.29, 0.717) is 0 Å². The van der Waals surface area contributed by atoms with E-state index in [-0.39, 0.29) is 5.84 Å². The molecule has 0 radical (unpaired) electrons. The molecule has 0 saturated heterocycles. The number of ether oxygens (including phenoxy) is 1. The van der Waals surface area contributed by atoms with Crippen molar-refractivity contribution in [1.82, 2.24) is 9.44 Å². The van der Waals surface area contributed by atoms with E-state index < -0.39 is 28.4 Å². The molecule has 5 N–H and O–H groups in total. The van der Waals surface area contributed by atoms with E-state index in [0.717, 1.165) is 0 Å². The van der Waals surface area contributed by atoms with Crippen molar-refractivity contribution in [3.8, 4) is 0 Å². The van der Waals surface area contributed by atoms with Gasteiger partial charge >= 0.3 is 16.3 Å². The minimum Gasteiger partial charge on any atom is -0.446 e. The van der Waals surface area contributed by atoms with E-state index in [1.165, 1.54) is 6.92 Å². The Hall–Kier alpha value is -1.35. The summed E-state index contributed by atoms with van der Waals surface area (Å²) in [6.07, 6.45) is -1.52. The van der Waals surface area contributed by atoms with Crippen molar-refractivity contribution in [2.24, 2.45) is 5.73 Å². The Balaban J connectivity index is 4.36. The second-order valence-corrected chi connectivity index (χ2v) is 4.80. The van der Waals surface area contributed by atoms with Crippen LogP contribution in [-0.4, -0.2) is 32.5 Å². The van der Waals surface area contributed by atoms with E-state index in [2.05, 4.69) is 4.74 Å². The van der Waals surface area contributed by atoms with Crippen LogP contribution in [0.2, 0.25) is 0 Å². The zero-order chi connectivity index (χ0) is 12.9. The first-order chi connectivity index (χ1) is 7.14. The molecule has 1 unspecified atom stereocenters. The van der Waals surface area contributed by atoms with Gasteiger partial charge in [0.2, 0.25) is 0 Å². The summed E-state index contributed by atoms with van der Waals surface area (Å²) < 4.78 is 30.7. The lowest BCUT2D eigenvalue weighted by Gasteiger charge is -2.14. The van der Waals surface area contributed by atoms with E-state index in [4.69, 9.17) is 11.1 Å². The quantitative estimate of drug-likeness (QED) is 0.378. The van der Waals surface area contributed by atoms with Gasteiger partial charge in [0.15, 0.2) is 0 Å². The molecule has 0 aromatic heterocycles. The van der Waals surface area contributed by atoms with Gasteiger partial charge in [-0.1, -0.05) is 0 Å². The van der Waals surface area contributed by atoms with E-state index in [9.17, 15) is 13.2 Å². The molecule has 1 atom stereocenters. The molecular weight excluding hydrogens is 236 g/mol. The van der Waals surface area contributed by atoms with Crippen molar-refractivity contribution in [2.75, 3.05) is 0 Å². The van der Waals surface area contributed by atoms with Crippen LogP contribution in [-0.2, 0) is 14.9 Å². The predicted molar refractivity (Wildman–Crippen MR) is 58.2 cm³/mol. The molecule has 9 heteroatoms. The minimum atomic E-state index is -4.07. The molecular formula is C7H16N4O4S. The molecule has 0 aliphatic carbocycles. The van der Waals surface area contributed by atoms with Crippen molar-refractivity contribution < 1.29 is 17.9 Å². The van der Waals surface area contributed by atoms with Crippen LogP contribution in [0.15, 0.2) is 0 Å². The first kappa shape index (κ1) is 14.6. The van der Waals surface area contributed by atoms with Crippen LogP contribution < -0.4 is 15.2 Å². The third kappa shape index (κ3) is 6.19. The van der Waals surface area contributed by atoms with Gasteiger partial charge in [-0.3, -0.25) is 5.41 Å². The van der Waals surface area contributed by atoms with Crippen molar-refractivity contribution in [3.63, 3.8) is 0 Å². The smallest absolute Gasteiger partial charge is 0.422 e. The summed E-state index contributed by atoms with van der Waals surface area (Å²) in [7, 11) is -4.07. The number of nitrogens with one attached hydrogen (secondary N) is 3. The van der Waals surface area contributed by atoms with E-state index >= 15 is 0 Å². The molecule has 16 heavy (non-hydrogen) atoms. The highest BCUT2D eigenvalue weighted by atomic mass is 32.2. The Morgan fingerprint density at radius 3 is 2.25 bits per heavy atom. The van der Waals surface area contributed by atoms with Gasteiger partial charge in [0, 0.05) is 0 Å². The minimum absolute atomic E-state index is 0.359. The molecule has 0 fully saturated rings. The van der Waals surface area contributed by atoms with E-state index in [1.54, 1.807) is 18.6 Å². The first-order valence-electron chi connectivity index (χ1n) is 4.48. The summed E-state index contributed by atoms with van der Waals surface area (Å²) in [6, 6.07) is -0.899. The number of rotatable bonds is 5. The summed E-state index contributed by atoms with van der Waals surface area (Å²) in [5.74, 6) is -0.359. The topological polar surface area (TPSA) is 134 Å². The third-order valence-corrected chi connectivity index (χ3v) is 2.46. The van der Waals surface area contributed by atoms with Crippen LogP contribution in [0.25, 0.3) is 0 Å². The van der Waals surface area contributed by atoms with Gasteiger partial charge < -0.3 is 10.5 Å². The molecule has 0 spiro atoms. The van der Waals surface area contributed by atoms with Crippen LogP contribution in [0.4, 0.5) is 4.79 Å². The molecule has 8 nitrogen and oxygen atoms in total. The number of hydrogen-bond donors (Lipinski definition) is 4. The Morgan fingerprint density at radius 2 is 1.88 bits per heavy atom. The molecule has 0 rings (SSSR count). The standard InChI is InChI=1S/C7H16N4O4S/c1-4(2)15-7(12)11-16(13,14)10-5(3)6(8)9/h4-5,10H,1-3H3,(H3,8,9)(H,11,12). The highest BCUT2D eigenvalue weighted by molar-refractivity contribution is 7.88. The van der Waals surface area contributed by atoms with Crippen molar-refractivity contribution >= 4 is 22.1 Å². The maximum atomic E-state index is 11.3. The molecule has 0 aliphatic rings. The first-order valence-corrected chi connectivity index (χ1v) is 5.97. The van der Waals surface area contributed by atoms with Gasteiger partial charge in [0.1, 0.15) is 5.84 Å². The van der Waals surface area contributed by atoms with Crippen LogP contribution in [0.1, 0.15) is 20.8 Å². The van der Waals surface area contributed by atoms with Gasteiger partial charge in [-0.05, 0) is 20.8 Å². The summed E-state index contributed by atoms with van der Waals surface area (Å²) in [4.78, 5) is 11.0. The second-order valence-electron chi connectivity index (χ2n) is 3.35. The van der Waals surface area contributed by atoms with Crippen molar-refractivity contribution in [2.45, 2.75) is 32.9 Å². The second kappa shape index (κ2) is 5.66. The largest absolute Gasteiger partial charge is 0.446 e. The summed E-state index contributed by atoms with van der Waals surface area (Å²) in [5, 5.41) is 6.98. The molecule has 0 aromatic carbocycles. The number of carbonyl (C=O) groups is 1. The summed E-state index contributed by atoms with van der Waals surface area (Å²) in [6.45, 7) is 4.53. The Labute approximate surface area is 94.2 Å². The molecule has 0 saturated carbocycles. The fraction of sp³-hybridized carbons (Fsp3) is 0.714. The normalized spacial score (nSPS) is 13.2. The average Bonchev–Trinajstić information content (AvgIpc) is 1.98. The Bertz CT molecular complexity index is 365. The van der Waals surface area contributed by atoms with Gasteiger partial charge in [0.05, 0.1) is 12.1 Å². The lowest BCUT2D eigenvalue weighted by atomic mass is 10.3. The number of nitrogens with two attached hydrogens (primary N) is 1. The van der Waals surface area contributed by atoms with Crippen molar-refractivity contribution in [1.29, 1.82) is 5.41 Å². The number of amides is 1. The monoisotopic (exact) mass is 252 g/mol. The SMILES string of the molecule is CC(C)OC(=O)NS(=O)(=O)NC(C)C(=N)N. The average molecular weight is 252 g/mol. The van der Waals surface area contributed by atoms with Crippen LogP contribution >= 0.6 is 0 Å². The predicted octanol–water partition coefficient (Wildman–Crippen LogP) is -0.720. The van der Waals surface area contributed by atoms with Crippen molar-refractivity contribution in [3.05, 3.63) is 0 Å². The maximum absolute atomic E-state index is 11.3. The Kier molecular flexibility index (Phi) is 5.18. The lowest BCUT2D eigenvalue weighted by Crippen LogP contribution is -2.48. The van der Waals surface area contributed by atoms with Gasteiger partial charge in [-0.15, -0.1) is 0 Å². The zero-order valence-electron chi connectivity index (χ0n) is 9.27. The Morgan fingerprint density at radius 1 is 1.38 bits per heavy atom. The van der Waals surface area contributed by atoms with Gasteiger partial charge in [-0.2, -0.15) is 13.1 Å². The lowest BCUT2D eigenvalue weighted by molar-refractivity contribution is 0.121. The molecule has 0 heterocycles. The van der Waals surface area contributed by atoms with Crippen LogP contribution in [0, 0.1) is 5.41 Å². The molecule has 0 aromatic rings. The maximum Gasteiger partial charge on any atom is 0.422 e. The molecule has 1 amide bonds. The van der Waals surface area contributed by atoms with Gasteiger partial charge in [0.25, 0.3) is 0 Å². The highest BCUT2D eigenvalue weighted by Crippen LogP contribution is 1.91. The fourth-order valence-corrected chi connectivity index (χ4v) is 1.59. The van der Waals surface area contributed by atoms with Gasteiger partial charge in [-0.25, -0.2) is 9.52 Å². The van der Waals surface area contributed by atoms with Crippen LogP contribution in [0.3, 0.4) is 0 Å². The third-order valence-electron chi connectivity index (χ3n) is 1.36. The molecule has 94 valence electrons. The fourth-order valence-electron chi connectivity index (χ4n) is 0.674. The molecule has 0 bridgehead atoms. The highest BCUT2D eigenvalue weighted by Gasteiger charge is 2.19. The molecule has 0 aliphatic heterocycles. The van der Waals surface area contributed by atoms with Crippen LogP contribution in [0.5, 0.6) is 0 Å². The number of amidine groups is 1. The number of carbonyl (C=O) groups excluding carboxylic acids is 1.